The first-order valence-corrected chi connectivity index (χ1v) is 7.43. The summed E-state index contributed by atoms with van der Waals surface area (Å²) < 4.78 is 10.8. The molecular weight excluding hydrogens is 267 g/mol. The summed E-state index contributed by atoms with van der Waals surface area (Å²) in [7, 11) is 6.36. The fraction of sp³-hybridized carbons (Fsp3) is 0.294. The smallest absolute Gasteiger partial charge is 0.122 e. The molecule has 0 N–H and O–H groups in total. The normalized spacial score (nSPS) is 11.9. The second-order valence-electron chi connectivity index (χ2n) is 4.70. The molecule has 0 saturated heterocycles. The molecular formula is C17H21O2P. The Balaban J connectivity index is 2.07. The van der Waals surface area contributed by atoms with Gasteiger partial charge >= 0.3 is 0 Å². The van der Waals surface area contributed by atoms with Gasteiger partial charge in [-0.3, -0.25) is 0 Å². The first kappa shape index (κ1) is 14.9. The standard InChI is InChI=1S/C17H21O2P/c1-18-15-9-5-3-7-13(15)11-12-17(20)14-8-4-6-10-16(14)19-2/h3-10,17H,11-12,20H2,1-2H3. The molecule has 0 bridgehead atoms. The Morgan fingerprint density at radius 1 is 0.900 bits per heavy atom. The van der Waals surface area contributed by atoms with Gasteiger partial charge in [-0.05, 0) is 30.5 Å². The maximum atomic E-state index is 5.43. The molecule has 0 heterocycles. The summed E-state index contributed by atoms with van der Waals surface area (Å²) in [5.74, 6) is 1.91. The van der Waals surface area contributed by atoms with Gasteiger partial charge in [0.2, 0.25) is 0 Å². The summed E-state index contributed by atoms with van der Waals surface area (Å²) in [6.45, 7) is 0. The third-order valence-electron chi connectivity index (χ3n) is 3.46. The van der Waals surface area contributed by atoms with Crippen molar-refractivity contribution in [2.24, 2.45) is 0 Å². The lowest BCUT2D eigenvalue weighted by Gasteiger charge is -2.16. The second kappa shape index (κ2) is 7.31. The Labute approximate surface area is 123 Å². The molecule has 2 aromatic rings. The van der Waals surface area contributed by atoms with Crippen LogP contribution in [0.1, 0.15) is 23.2 Å². The minimum Gasteiger partial charge on any atom is -0.496 e. The fourth-order valence-corrected chi connectivity index (χ4v) is 2.79. The van der Waals surface area contributed by atoms with Crippen molar-refractivity contribution in [3.8, 4) is 11.5 Å². The first-order chi connectivity index (χ1) is 9.76. The van der Waals surface area contributed by atoms with Crippen LogP contribution in [0.15, 0.2) is 48.5 Å². The Hall–Kier alpha value is -1.53. The van der Waals surface area contributed by atoms with E-state index in [1.54, 1.807) is 14.2 Å². The molecule has 0 aromatic heterocycles. The van der Waals surface area contributed by atoms with Gasteiger partial charge in [0.25, 0.3) is 0 Å². The minimum atomic E-state index is 0.371. The quantitative estimate of drug-likeness (QED) is 0.740. The average Bonchev–Trinajstić information content (AvgIpc) is 2.52. The van der Waals surface area contributed by atoms with Crippen LogP contribution in [0.5, 0.6) is 11.5 Å². The zero-order valence-electron chi connectivity index (χ0n) is 12.0. The monoisotopic (exact) mass is 288 g/mol. The Bertz CT molecular complexity index is 554. The van der Waals surface area contributed by atoms with E-state index in [0.29, 0.717) is 5.66 Å². The molecule has 0 saturated carbocycles. The maximum Gasteiger partial charge on any atom is 0.122 e. The number of para-hydroxylation sites is 2. The van der Waals surface area contributed by atoms with E-state index >= 15 is 0 Å². The average molecular weight is 288 g/mol. The zero-order valence-corrected chi connectivity index (χ0v) is 13.2. The van der Waals surface area contributed by atoms with Crippen molar-refractivity contribution in [3.05, 3.63) is 59.7 Å². The van der Waals surface area contributed by atoms with Gasteiger partial charge in [0.15, 0.2) is 0 Å². The molecule has 0 aliphatic carbocycles. The summed E-state index contributed by atoms with van der Waals surface area (Å²) in [5.41, 5.74) is 2.85. The molecule has 20 heavy (non-hydrogen) atoms. The zero-order chi connectivity index (χ0) is 14.4. The fourth-order valence-electron chi connectivity index (χ4n) is 2.35. The molecule has 0 radical (unpaired) electrons. The summed E-state index contributed by atoms with van der Waals surface area (Å²) in [6.07, 6.45) is 2.02. The third kappa shape index (κ3) is 3.52. The Morgan fingerprint density at radius 3 is 2.20 bits per heavy atom. The number of methoxy groups -OCH3 is 2. The molecule has 3 heteroatoms. The van der Waals surface area contributed by atoms with E-state index in [0.717, 1.165) is 24.3 Å². The number of rotatable bonds is 6. The summed E-state index contributed by atoms with van der Waals surface area (Å²) >= 11 is 0. The van der Waals surface area contributed by atoms with E-state index in [1.807, 2.05) is 24.3 Å². The van der Waals surface area contributed by atoms with Crippen LogP contribution in [0.2, 0.25) is 0 Å². The van der Waals surface area contributed by atoms with E-state index in [1.165, 1.54) is 11.1 Å². The van der Waals surface area contributed by atoms with E-state index in [2.05, 4.69) is 33.5 Å². The number of hydrogen-bond donors (Lipinski definition) is 0. The van der Waals surface area contributed by atoms with Crippen LogP contribution in [0.3, 0.4) is 0 Å². The van der Waals surface area contributed by atoms with Crippen molar-refractivity contribution in [2.75, 3.05) is 14.2 Å². The minimum absolute atomic E-state index is 0.371. The van der Waals surface area contributed by atoms with E-state index in [4.69, 9.17) is 9.47 Å². The molecule has 0 aliphatic rings. The highest BCUT2D eigenvalue weighted by molar-refractivity contribution is 7.17. The first-order valence-electron chi connectivity index (χ1n) is 6.76. The third-order valence-corrected chi connectivity index (χ3v) is 4.15. The molecule has 106 valence electrons. The second-order valence-corrected chi connectivity index (χ2v) is 5.50. The highest BCUT2D eigenvalue weighted by Crippen LogP contribution is 2.35. The van der Waals surface area contributed by atoms with Crippen molar-refractivity contribution < 1.29 is 9.47 Å². The highest BCUT2D eigenvalue weighted by Gasteiger charge is 2.12. The van der Waals surface area contributed by atoms with Gasteiger partial charge in [-0.1, -0.05) is 36.4 Å². The predicted molar refractivity (Wildman–Crippen MR) is 86.8 cm³/mol. The van der Waals surface area contributed by atoms with Gasteiger partial charge < -0.3 is 9.47 Å². The Kier molecular flexibility index (Phi) is 5.43. The van der Waals surface area contributed by atoms with Crippen LogP contribution in [0, 0.1) is 0 Å². The predicted octanol–water partition coefficient (Wildman–Crippen LogP) is 4.25. The summed E-state index contributed by atoms with van der Waals surface area (Å²) in [6, 6.07) is 16.4. The SMILES string of the molecule is COc1ccccc1CCC(P)c1ccccc1OC. The molecule has 0 amide bonds. The van der Waals surface area contributed by atoms with Crippen LogP contribution in [-0.2, 0) is 6.42 Å². The molecule has 2 nitrogen and oxygen atoms in total. The summed E-state index contributed by atoms with van der Waals surface area (Å²) in [4.78, 5) is 0. The van der Waals surface area contributed by atoms with E-state index in [-0.39, 0.29) is 0 Å². The largest absolute Gasteiger partial charge is 0.496 e. The number of ether oxygens (including phenoxy) is 2. The molecule has 2 rings (SSSR count). The number of benzene rings is 2. The topological polar surface area (TPSA) is 18.5 Å². The number of aryl methyl sites for hydroxylation is 1. The molecule has 2 aromatic carbocycles. The van der Waals surface area contributed by atoms with Gasteiger partial charge in [0, 0.05) is 11.2 Å². The molecule has 0 aliphatic heterocycles. The van der Waals surface area contributed by atoms with Crippen molar-refractivity contribution in [1.82, 2.24) is 0 Å². The van der Waals surface area contributed by atoms with Gasteiger partial charge in [0.05, 0.1) is 14.2 Å². The van der Waals surface area contributed by atoms with Crippen molar-refractivity contribution in [3.63, 3.8) is 0 Å². The lowest BCUT2D eigenvalue weighted by molar-refractivity contribution is 0.406. The van der Waals surface area contributed by atoms with Gasteiger partial charge in [0.1, 0.15) is 11.5 Å². The van der Waals surface area contributed by atoms with Crippen LogP contribution < -0.4 is 9.47 Å². The maximum absolute atomic E-state index is 5.43. The van der Waals surface area contributed by atoms with Crippen LogP contribution in [-0.4, -0.2) is 14.2 Å². The molecule has 0 fully saturated rings. The van der Waals surface area contributed by atoms with Gasteiger partial charge in [-0.2, -0.15) is 0 Å². The van der Waals surface area contributed by atoms with E-state index in [9.17, 15) is 0 Å². The number of hydrogen-bond acceptors (Lipinski definition) is 2. The Morgan fingerprint density at radius 2 is 1.50 bits per heavy atom. The van der Waals surface area contributed by atoms with Gasteiger partial charge in [-0.25, -0.2) is 0 Å². The van der Waals surface area contributed by atoms with Crippen molar-refractivity contribution >= 4 is 9.24 Å². The molecule has 0 spiro atoms. The van der Waals surface area contributed by atoms with Crippen LogP contribution >= 0.6 is 9.24 Å². The van der Waals surface area contributed by atoms with E-state index < -0.39 is 0 Å². The van der Waals surface area contributed by atoms with Crippen molar-refractivity contribution in [2.45, 2.75) is 18.5 Å². The molecule has 2 atom stereocenters. The highest BCUT2D eigenvalue weighted by atomic mass is 31.0. The molecule has 2 unspecified atom stereocenters. The van der Waals surface area contributed by atoms with Crippen LogP contribution in [0.4, 0.5) is 0 Å². The summed E-state index contributed by atoms with van der Waals surface area (Å²) in [5, 5.41) is 0. The van der Waals surface area contributed by atoms with Gasteiger partial charge in [-0.15, -0.1) is 9.24 Å². The lowest BCUT2D eigenvalue weighted by atomic mass is 10.0. The van der Waals surface area contributed by atoms with Crippen LogP contribution in [0.25, 0.3) is 0 Å². The van der Waals surface area contributed by atoms with Crippen molar-refractivity contribution in [1.29, 1.82) is 0 Å². The lowest BCUT2D eigenvalue weighted by Crippen LogP contribution is -1.98.